The quantitative estimate of drug-likeness (QED) is 0.537. The van der Waals surface area contributed by atoms with Crippen molar-refractivity contribution in [2.45, 2.75) is 51.2 Å². The van der Waals surface area contributed by atoms with Crippen LogP contribution in [0.3, 0.4) is 0 Å². The molecule has 1 spiro atoms. The van der Waals surface area contributed by atoms with E-state index in [4.69, 9.17) is 16.3 Å². The highest BCUT2D eigenvalue weighted by Crippen LogP contribution is 2.42. The standard InChI is InChI=1S/C30H36ClN3O3/c31-25-10-8-23(9-11-25)20-37-26-16-30(29(36)33(18-26)17-22-6-7-22)13-3-14-32(21-30)19-28(35)34-15-12-24-4-1-2-5-27(24)34/h1-2,4-5,8-11,22,26H,3,6-7,12-21H2/t26-,30+/m0/s1. The molecule has 3 heterocycles. The lowest BCUT2D eigenvalue weighted by Gasteiger charge is -2.49. The van der Waals surface area contributed by atoms with Gasteiger partial charge in [-0.05, 0) is 80.3 Å². The van der Waals surface area contributed by atoms with E-state index in [-0.39, 0.29) is 17.9 Å². The number of halogens is 1. The number of hydrogen-bond acceptors (Lipinski definition) is 4. The molecular weight excluding hydrogens is 486 g/mol. The molecule has 0 aromatic heterocycles. The zero-order chi connectivity index (χ0) is 25.4. The van der Waals surface area contributed by atoms with Crippen molar-refractivity contribution in [3.8, 4) is 0 Å². The number of likely N-dealkylation sites (tertiary alicyclic amines) is 2. The van der Waals surface area contributed by atoms with Crippen LogP contribution in [0.25, 0.3) is 0 Å². The Morgan fingerprint density at radius 2 is 1.89 bits per heavy atom. The van der Waals surface area contributed by atoms with Gasteiger partial charge in [-0.25, -0.2) is 0 Å². The molecule has 1 saturated carbocycles. The summed E-state index contributed by atoms with van der Waals surface area (Å²) >= 11 is 6.05. The minimum Gasteiger partial charge on any atom is -0.372 e. The molecule has 2 atom stereocenters. The summed E-state index contributed by atoms with van der Waals surface area (Å²) in [6.07, 6.45) is 5.84. The summed E-state index contributed by atoms with van der Waals surface area (Å²) in [6, 6.07) is 16.0. The molecule has 2 amide bonds. The van der Waals surface area contributed by atoms with Crippen LogP contribution in [0.4, 0.5) is 5.69 Å². The van der Waals surface area contributed by atoms with E-state index in [2.05, 4.69) is 15.9 Å². The van der Waals surface area contributed by atoms with Crippen molar-refractivity contribution in [1.29, 1.82) is 0 Å². The molecule has 37 heavy (non-hydrogen) atoms. The molecule has 2 aromatic carbocycles. The molecule has 7 heteroatoms. The van der Waals surface area contributed by atoms with Crippen LogP contribution in [-0.4, -0.2) is 67.0 Å². The van der Waals surface area contributed by atoms with E-state index >= 15 is 0 Å². The number of hydrogen-bond donors (Lipinski definition) is 0. The van der Waals surface area contributed by atoms with Gasteiger partial charge < -0.3 is 14.5 Å². The molecule has 3 fully saturated rings. The Hall–Kier alpha value is -2.41. The van der Waals surface area contributed by atoms with E-state index in [9.17, 15) is 9.59 Å². The second-order valence-corrected chi connectivity index (χ2v) is 11.9. The summed E-state index contributed by atoms with van der Waals surface area (Å²) in [7, 11) is 0. The molecule has 0 N–H and O–H groups in total. The first-order chi connectivity index (χ1) is 18.0. The highest BCUT2D eigenvalue weighted by molar-refractivity contribution is 6.30. The van der Waals surface area contributed by atoms with Crippen LogP contribution in [0.15, 0.2) is 48.5 Å². The zero-order valence-corrected chi connectivity index (χ0v) is 22.2. The van der Waals surface area contributed by atoms with Crippen molar-refractivity contribution in [3.05, 3.63) is 64.7 Å². The van der Waals surface area contributed by atoms with Crippen LogP contribution in [0.1, 0.15) is 43.2 Å². The Bertz CT molecular complexity index is 1150. The summed E-state index contributed by atoms with van der Waals surface area (Å²) in [5.74, 6) is 1.04. The Morgan fingerprint density at radius 3 is 2.70 bits per heavy atom. The van der Waals surface area contributed by atoms with E-state index in [1.165, 1.54) is 18.4 Å². The van der Waals surface area contributed by atoms with E-state index in [0.717, 1.165) is 61.6 Å². The van der Waals surface area contributed by atoms with Gasteiger partial charge in [-0.1, -0.05) is 41.9 Å². The second kappa shape index (κ2) is 10.4. The Morgan fingerprint density at radius 1 is 1.08 bits per heavy atom. The summed E-state index contributed by atoms with van der Waals surface area (Å²) in [5.41, 5.74) is 2.90. The third kappa shape index (κ3) is 5.43. The third-order valence-corrected chi connectivity index (χ3v) is 8.81. The molecule has 1 aliphatic carbocycles. The minimum atomic E-state index is -0.473. The van der Waals surface area contributed by atoms with Crippen LogP contribution in [0.2, 0.25) is 5.02 Å². The first kappa shape index (κ1) is 24.9. The number of rotatable bonds is 7. The number of fused-ring (bicyclic) bond motifs is 1. The molecule has 196 valence electrons. The first-order valence-corrected chi connectivity index (χ1v) is 14.1. The molecule has 6 nitrogen and oxygen atoms in total. The number of carbonyl (C=O) groups is 2. The maximum atomic E-state index is 13.9. The zero-order valence-electron chi connectivity index (χ0n) is 21.4. The average Bonchev–Trinajstić information content (AvgIpc) is 3.61. The largest absolute Gasteiger partial charge is 0.372 e. The summed E-state index contributed by atoms with van der Waals surface area (Å²) in [4.78, 5) is 33.5. The Kier molecular flexibility index (Phi) is 6.99. The van der Waals surface area contributed by atoms with Crippen molar-refractivity contribution in [3.63, 3.8) is 0 Å². The molecule has 6 rings (SSSR count). The topological polar surface area (TPSA) is 53.1 Å². The SMILES string of the molecule is O=C(CN1CCC[C@@]2(C[C@H](OCc3ccc(Cl)cc3)CN(CC3CC3)C2=O)C1)N1CCc2ccccc21. The third-order valence-electron chi connectivity index (χ3n) is 8.56. The van der Waals surface area contributed by atoms with Gasteiger partial charge in [0.05, 0.1) is 24.7 Å². The molecular formula is C30H36ClN3O3. The number of carbonyl (C=O) groups excluding carboxylic acids is 2. The normalized spacial score (nSPS) is 26.1. The fourth-order valence-electron chi connectivity index (χ4n) is 6.50. The monoisotopic (exact) mass is 521 g/mol. The van der Waals surface area contributed by atoms with Gasteiger partial charge in [0.15, 0.2) is 0 Å². The van der Waals surface area contributed by atoms with Gasteiger partial charge in [-0.2, -0.15) is 0 Å². The molecule has 2 aromatic rings. The average molecular weight is 522 g/mol. The Balaban J connectivity index is 1.15. The van der Waals surface area contributed by atoms with Gasteiger partial charge in [0.2, 0.25) is 11.8 Å². The fourth-order valence-corrected chi connectivity index (χ4v) is 6.63. The van der Waals surface area contributed by atoms with Gasteiger partial charge in [0, 0.05) is 36.9 Å². The van der Waals surface area contributed by atoms with E-state index in [0.29, 0.717) is 32.2 Å². The number of anilines is 1. The predicted molar refractivity (Wildman–Crippen MR) is 145 cm³/mol. The minimum absolute atomic E-state index is 0.00626. The van der Waals surface area contributed by atoms with Crippen molar-refractivity contribution >= 4 is 29.1 Å². The first-order valence-electron chi connectivity index (χ1n) is 13.8. The smallest absolute Gasteiger partial charge is 0.241 e. The van der Waals surface area contributed by atoms with Gasteiger partial charge >= 0.3 is 0 Å². The highest BCUT2D eigenvalue weighted by Gasteiger charge is 2.50. The summed E-state index contributed by atoms with van der Waals surface area (Å²) < 4.78 is 6.42. The number of piperidine rings is 2. The molecule has 0 bridgehead atoms. The van der Waals surface area contributed by atoms with Gasteiger partial charge in [-0.15, -0.1) is 0 Å². The molecule has 0 unspecified atom stereocenters. The highest BCUT2D eigenvalue weighted by atomic mass is 35.5. The second-order valence-electron chi connectivity index (χ2n) is 11.4. The number of para-hydroxylation sites is 1. The maximum absolute atomic E-state index is 13.9. The van der Waals surface area contributed by atoms with Crippen LogP contribution in [0, 0.1) is 11.3 Å². The lowest BCUT2D eigenvalue weighted by Crippen LogP contribution is -2.61. The number of benzene rings is 2. The predicted octanol–water partition coefficient (Wildman–Crippen LogP) is 4.54. The van der Waals surface area contributed by atoms with Crippen molar-refractivity contribution < 1.29 is 14.3 Å². The van der Waals surface area contributed by atoms with Crippen molar-refractivity contribution in [1.82, 2.24) is 9.80 Å². The summed E-state index contributed by atoms with van der Waals surface area (Å²) in [5, 5.41) is 0.718. The van der Waals surface area contributed by atoms with Crippen LogP contribution in [0.5, 0.6) is 0 Å². The van der Waals surface area contributed by atoms with E-state index < -0.39 is 5.41 Å². The molecule has 0 radical (unpaired) electrons. The van der Waals surface area contributed by atoms with Crippen molar-refractivity contribution in [2.24, 2.45) is 11.3 Å². The van der Waals surface area contributed by atoms with Crippen LogP contribution in [-0.2, 0) is 27.4 Å². The molecule has 2 saturated heterocycles. The van der Waals surface area contributed by atoms with Gasteiger partial charge in [-0.3, -0.25) is 14.5 Å². The van der Waals surface area contributed by atoms with Crippen molar-refractivity contribution in [2.75, 3.05) is 44.2 Å². The van der Waals surface area contributed by atoms with E-state index in [1.807, 2.05) is 47.4 Å². The van der Waals surface area contributed by atoms with Gasteiger partial charge in [0.25, 0.3) is 0 Å². The van der Waals surface area contributed by atoms with Crippen LogP contribution >= 0.6 is 11.6 Å². The number of ether oxygens (including phenoxy) is 1. The number of nitrogens with zero attached hydrogens (tertiary/aromatic N) is 3. The van der Waals surface area contributed by atoms with Gasteiger partial charge in [0.1, 0.15) is 0 Å². The fraction of sp³-hybridized carbons (Fsp3) is 0.533. The molecule has 3 aliphatic heterocycles. The number of amides is 2. The lowest BCUT2D eigenvalue weighted by molar-refractivity contribution is -0.161. The molecule has 4 aliphatic rings. The van der Waals surface area contributed by atoms with Crippen LogP contribution < -0.4 is 4.90 Å². The summed E-state index contributed by atoms with van der Waals surface area (Å²) in [6.45, 7) is 4.61. The Labute approximate surface area is 224 Å². The lowest BCUT2D eigenvalue weighted by atomic mass is 9.72. The maximum Gasteiger partial charge on any atom is 0.241 e. The van der Waals surface area contributed by atoms with E-state index in [1.54, 1.807) is 0 Å².